The lowest BCUT2D eigenvalue weighted by Crippen LogP contribution is -2.15. The lowest BCUT2D eigenvalue weighted by atomic mass is 9.90. The van der Waals surface area contributed by atoms with E-state index in [1.54, 1.807) is 18.2 Å². The Morgan fingerprint density at radius 2 is 2.06 bits per heavy atom. The average molecular weight is 250 g/mol. The van der Waals surface area contributed by atoms with Crippen molar-refractivity contribution in [3.05, 3.63) is 28.8 Å². The van der Waals surface area contributed by atoms with Crippen LogP contribution >= 0.6 is 11.6 Å². The Hall–Kier alpha value is -1.20. The number of hydrogen-bond acceptors (Lipinski definition) is 2. The second kappa shape index (κ2) is 5.93. The Morgan fingerprint density at radius 3 is 2.71 bits per heavy atom. The minimum Gasteiger partial charge on any atom is -0.492 e. The van der Waals surface area contributed by atoms with Crippen LogP contribution in [0.1, 0.15) is 37.7 Å². The molecule has 1 fully saturated rings. The van der Waals surface area contributed by atoms with Crippen molar-refractivity contribution in [1.29, 1.82) is 5.26 Å². The Morgan fingerprint density at radius 1 is 1.29 bits per heavy atom. The van der Waals surface area contributed by atoms with Gasteiger partial charge in [0, 0.05) is 0 Å². The fraction of sp³-hybridized carbons (Fsp3) is 0.500. The molecule has 1 aliphatic rings. The highest BCUT2D eigenvalue weighted by molar-refractivity contribution is 6.32. The minimum absolute atomic E-state index is 0.528. The van der Waals surface area contributed by atoms with Crippen molar-refractivity contribution in [3.63, 3.8) is 0 Å². The van der Waals surface area contributed by atoms with Crippen LogP contribution in [-0.4, -0.2) is 6.61 Å². The average Bonchev–Trinajstić information content (AvgIpc) is 2.38. The summed E-state index contributed by atoms with van der Waals surface area (Å²) in [6.45, 7) is 0.742. The lowest BCUT2D eigenvalue weighted by molar-refractivity contribution is 0.209. The second-order valence-corrected chi connectivity index (χ2v) is 4.98. The minimum atomic E-state index is 0.528. The van der Waals surface area contributed by atoms with Crippen LogP contribution in [0.5, 0.6) is 5.75 Å². The van der Waals surface area contributed by atoms with Crippen molar-refractivity contribution in [2.24, 2.45) is 5.92 Å². The van der Waals surface area contributed by atoms with Gasteiger partial charge in [-0.1, -0.05) is 30.9 Å². The highest BCUT2D eigenvalue weighted by Crippen LogP contribution is 2.28. The summed E-state index contributed by atoms with van der Waals surface area (Å²) in [5, 5.41) is 9.26. The van der Waals surface area contributed by atoms with Gasteiger partial charge in [-0.25, -0.2) is 0 Å². The van der Waals surface area contributed by atoms with Gasteiger partial charge in [0.25, 0.3) is 0 Å². The third-order valence-corrected chi connectivity index (χ3v) is 3.56. The van der Waals surface area contributed by atoms with Crippen molar-refractivity contribution in [2.75, 3.05) is 6.61 Å². The van der Waals surface area contributed by atoms with E-state index in [2.05, 4.69) is 6.07 Å². The molecule has 1 aromatic carbocycles. The quantitative estimate of drug-likeness (QED) is 0.805. The van der Waals surface area contributed by atoms with Crippen LogP contribution in [0.25, 0.3) is 0 Å². The molecule has 2 rings (SSSR count). The van der Waals surface area contributed by atoms with Gasteiger partial charge in [-0.05, 0) is 37.0 Å². The van der Waals surface area contributed by atoms with Crippen molar-refractivity contribution < 1.29 is 4.74 Å². The Labute approximate surface area is 107 Å². The first kappa shape index (κ1) is 12.3. The summed E-state index contributed by atoms with van der Waals surface area (Å²) in [6.07, 6.45) is 6.50. The molecule has 0 atom stereocenters. The van der Waals surface area contributed by atoms with E-state index >= 15 is 0 Å². The molecule has 0 heterocycles. The molecule has 90 valence electrons. The first-order valence-electron chi connectivity index (χ1n) is 6.12. The topological polar surface area (TPSA) is 33.0 Å². The van der Waals surface area contributed by atoms with E-state index in [-0.39, 0.29) is 0 Å². The third-order valence-electron chi connectivity index (χ3n) is 3.26. The van der Waals surface area contributed by atoms with Crippen LogP contribution in [0.15, 0.2) is 18.2 Å². The van der Waals surface area contributed by atoms with E-state index in [4.69, 9.17) is 21.6 Å². The molecular weight excluding hydrogens is 234 g/mol. The Balaban J connectivity index is 1.92. The molecule has 0 amide bonds. The van der Waals surface area contributed by atoms with Crippen LogP contribution in [-0.2, 0) is 0 Å². The molecule has 0 saturated heterocycles. The van der Waals surface area contributed by atoms with Gasteiger partial charge in [0.05, 0.1) is 23.3 Å². The monoisotopic (exact) mass is 249 g/mol. The molecule has 1 aromatic rings. The molecule has 2 nitrogen and oxygen atoms in total. The number of ether oxygens (including phenoxy) is 1. The highest BCUT2D eigenvalue weighted by Gasteiger charge is 2.14. The summed E-state index contributed by atoms with van der Waals surface area (Å²) in [7, 11) is 0. The molecule has 0 bridgehead atoms. The first-order valence-corrected chi connectivity index (χ1v) is 6.50. The molecule has 0 aliphatic heterocycles. The SMILES string of the molecule is N#Cc1ccc(OCC2CCCCC2)c(Cl)c1. The summed E-state index contributed by atoms with van der Waals surface area (Å²) >= 11 is 6.05. The summed E-state index contributed by atoms with van der Waals surface area (Å²) in [6, 6.07) is 7.23. The second-order valence-electron chi connectivity index (χ2n) is 4.57. The van der Waals surface area contributed by atoms with Gasteiger partial charge in [-0.15, -0.1) is 0 Å². The van der Waals surface area contributed by atoms with E-state index < -0.39 is 0 Å². The van der Waals surface area contributed by atoms with E-state index in [0.717, 1.165) is 6.61 Å². The Bertz CT molecular complexity index is 419. The number of benzene rings is 1. The van der Waals surface area contributed by atoms with E-state index in [1.165, 1.54) is 32.1 Å². The zero-order chi connectivity index (χ0) is 12.1. The maximum Gasteiger partial charge on any atom is 0.137 e. The molecule has 3 heteroatoms. The number of rotatable bonds is 3. The molecule has 0 unspecified atom stereocenters. The molecule has 17 heavy (non-hydrogen) atoms. The van der Waals surface area contributed by atoms with E-state index in [1.807, 2.05) is 0 Å². The summed E-state index contributed by atoms with van der Waals surface area (Å²) in [5.41, 5.74) is 0.569. The predicted molar refractivity (Wildman–Crippen MR) is 68.2 cm³/mol. The maximum atomic E-state index is 8.74. The molecule has 0 spiro atoms. The van der Waals surface area contributed by atoms with Gasteiger partial charge >= 0.3 is 0 Å². The molecule has 0 N–H and O–H groups in total. The molecule has 0 radical (unpaired) electrons. The van der Waals surface area contributed by atoms with Gasteiger partial charge in [0.1, 0.15) is 5.75 Å². The number of halogens is 1. The molecule has 1 aliphatic carbocycles. The highest BCUT2D eigenvalue weighted by atomic mass is 35.5. The molecule has 1 saturated carbocycles. The third kappa shape index (κ3) is 3.38. The number of nitrogens with zero attached hydrogens (tertiary/aromatic N) is 1. The van der Waals surface area contributed by atoms with Gasteiger partial charge < -0.3 is 4.74 Å². The maximum absolute atomic E-state index is 8.74. The van der Waals surface area contributed by atoms with E-state index in [9.17, 15) is 0 Å². The van der Waals surface area contributed by atoms with Crippen molar-refractivity contribution in [2.45, 2.75) is 32.1 Å². The summed E-state index contributed by atoms with van der Waals surface area (Å²) in [4.78, 5) is 0. The summed E-state index contributed by atoms with van der Waals surface area (Å²) < 4.78 is 5.73. The standard InChI is InChI=1S/C14H16ClNO/c15-13-8-12(9-16)6-7-14(13)17-10-11-4-2-1-3-5-11/h6-8,11H,1-5,10H2. The predicted octanol–water partition coefficient (Wildman–Crippen LogP) is 4.17. The Kier molecular flexibility index (Phi) is 4.28. The number of hydrogen-bond donors (Lipinski definition) is 0. The van der Waals surface area contributed by atoms with Gasteiger partial charge in [-0.2, -0.15) is 5.26 Å². The lowest BCUT2D eigenvalue weighted by Gasteiger charge is -2.21. The van der Waals surface area contributed by atoms with Crippen LogP contribution in [0.2, 0.25) is 5.02 Å². The molecule has 0 aromatic heterocycles. The fourth-order valence-electron chi connectivity index (χ4n) is 2.25. The fourth-order valence-corrected chi connectivity index (χ4v) is 2.48. The van der Waals surface area contributed by atoms with Crippen LogP contribution < -0.4 is 4.74 Å². The van der Waals surface area contributed by atoms with Crippen molar-refractivity contribution in [1.82, 2.24) is 0 Å². The van der Waals surface area contributed by atoms with Gasteiger partial charge in [-0.3, -0.25) is 0 Å². The van der Waals surface area contributed by atoms with Crippen molar-refractivity contribution >= 4 is 11.6 Å². The largest absolute Gasteiger partial charge is 0.492 e. The first-order chi connectivity index (χ1) is 8.29. The smallest absolute Gasteiger partial charge is 0.137 e. The van der Waals surface area contributed by atoms with Gasteiger partial charge in [0.15, 0.2) is 0 Å². The van der Waals surface area contributed by atoms with E-state index in [0.29, 0.717) is 22.3 Å². The summed E-state index contributed by atoms with van der Waals surface area (Å²) in [5.74, 6) is 1.35. The van der Waals surface area contributed by atoms with Crippen LogP contribution in [0.3, 0.4) is 0 Å². The van der Waals surface area contributed by atoms with Crippen molar-refractivity contribution in [3.8, 4) is 11.8 Å². The number of nitriles is 1. The van der Waals surface area contributed by atoms with Crippen LogP contribution in [0.4, 0.5) is 0 Å². The normalized spacial score (nSPS) is 16.5. The molecular formula is C14H16ClNO. The van der Waals surface area contributed by atoms with Crippen LogP contribution in [0, 0.1) is 17.2 Å². The zero-order valence-corrected chi connectivity index (χ0v) is 10.5. The van der Waals surface area contributed by atoms with Gasteiger partial charge in [0.2, 0.25) is 0 Å². The zero-order valence-electron chi connectivity index (χ0n) is 9.79.